The summed E-state index contributed by atoms with van der Waals surface area (Å²) >= 11 is 13.2. The number of carboxylic acid groups (broad SMARTS) is 1. The van der Waals surface area contributed by atoms with Gasteiger partial charge in [0.2, 0.25) is 0 Å². The molecule has 11 heteroatoms. The number of carbonyl (C=O) groups is 1. The van der Waals surface area contributed by atoms with E-state index >= 15 is 0 Å². The maximum absolute atomic E-state index is 13.2. The van der Waals surface area contributed by atoms with Crippen LogP contribution in [0, 0.1) is 0 Å². The van der Waals surface area contributed by atoms with E-state index < -0.39 is 12.6 Å². The molecule has 0 amide bonds. The molecule has 0 spiro atoms. The molecule has 0 aliphatic heterocycles. The molecular weight excluding hydrogens is 582 g/mol. The number of halogens is 3. The van der Waals surface area contributed by atoms with Crippen molar-refractivity contribution in [3.05, 3.63) is 60.0 Å². The Balaban J connectivity index is 2.11. The van der Waals surface area contributed by atoms with Gasteiger partial charge in [0.1, 0.15) is 10.8 Å². The lowest BCUT2D eigenvalue weighted by atomic mass is 10.2. The summed E-state index contributed by atoms with van der Waals surface area (Å²) in [6.45, 7) is 1.48. The van der Waals surface area contributed by atoms with Crippen LogP contribution in [0.3, 0.4) is 0 Å². The first-order valence-corrected chi connectivity index (χ1v) is 11.9. The second kappa shape index (κ2) is 11.1. The van der Waals surface area contributed by atoms with E-state index in [0.29, 0.717) is 33.2 Å². The first-order valence-electron chi connectivity index (χ1n) is 9.92. The first-order chi connectivity index (χ1) is 15.8. The van der Waals surface area contributed by atoms with Crippen molar-refractivity contribution in [1.29, 1.82) is 0 Å². The van der Waals surface area contributed by atoms with Crippen LogP contribution in [0.1, 0.15) is 31.2 Å². The van der Waals surface area contributed by atoms with Gasteiger partial charge in [-0.15, -0.1) is 0 Å². The summed E-state index contributed by atoms with van der Waals surface area (Å²) in [6, 6.07) is 6.93. The second-order valence-electron chi connectivity index (χ2n) is 6.96. The van der Waals surface area contributed by atoms with Crippen LogP contribution in [-0.4, -0.2) is 40.7 Å². The third kappa shape index (κ3) is 5.74. The van der Waals surface area contributed by atoms with Crippen LogP contribution in [0.25, 0.3) is 10.9 Å². The van der Waals surface area contributed by atoms with Crippen molar-refractivity contribution >= 4 is 66.5 Å². The van der Waals surface area contributed by atoms with Crippen molar-refractivity contribution in [2.24, 2.45) is 5.10 Å². The fourth-order valence-corrected chi connectivity index (χ4v) is 4.06. The average molecular weight is 602 g/mol. The van der Waals surface area contributed by atoms with E-state index in [0.717, 1.165) is 17.3 Å². The Bertz CT molecular complexity index is 1290. The number of nitrogens with zero attached hydrogens (tertiary/aromatic N) is 3. The van der Waals surface area contributed by atoms with Crippen molar-refractivity contribution in [1.82, 2.24) is 9.66 Å². The Morgan fingerprint density at radius 2 is 2.09 bits per heavy atom. The number of aryl methyl sites for hydroxylation is 1. The molecule has 0 aliphatic rings. The number of methoxy groups -OCH3 is 1. The molecule has 1 aromatic heterocycles. The van der Waals surface area contributed by atoms with Crippen molar-refractivity contribution in [2.75, 3.05) is 13.7 Å². The van der Waals surface area contributed by atoms with E-state index in [1.54, 1.807) is 18.2 Å². The molecule has 3 aromatic rings. The van der Waals surface area contributed by atoms with Gasteiger partial charge in [0, 0.05) is 20.9 Å². The number of hydrogen-bond acceptors (Lipinski definition) is 6. The Kier molecular flexibility index (Phi) is 8.50. The van der Waals surface area contributed by atoms with E-state index in [1.165, 1.54) is 18.0 Å². The maximum atomic E-state index is 13.2. The molecule has 33 heavy (non-hydrogen) atoms. The molecule has 0 bridgehead atoms. The number of rotatable bonds is 9. The van der Waals surface area contributed by atoms with Gasteiger partial charge in [0.25, 0.3) is 5.56 Å². The lowest BCUT2D eigenvalue weighted by Crippen LogP contribution is -2.22. The van der Waals surface area contributed by atoms with Gasteiger partial charge in [-0.25, -0.2) is 9.78 Å². The van der Waals surface area contributed by atoms with E-state index in [2.05, 4.69) is 48.9 Å². The topological polar surface area (TPSA) is 103 Å². The van der Waals surface area contributed by atoms with Gasteiger partial charge in [-0.05, 0) is 46.6 Å². The fourth-order valence-electron chi connectivity index (χ4n) is 3.05. The summed E-state index contributed by atoms with van der Waals surface area (Å²) in [5.74, 6) is -0.290. The molecule has 0 radical (unpaired) electrons. The summed E-state index contributed by atoms with van der Waals surface area (Å²) in [6.07, 6.45) is 3.83. The number of ether oxygens (including phenoxy) is 2. The number of fused-ring (bicyclic) bond motifs is 1. The standard InChI is InChI=1S/C22H20Br2ClN3O5/c1-3-4-5-17-27-15-7-6-13(23)9-14(15)22(31)28(17)26-10-12-8-16(32-2)21(20(25)19(12)24)33-11-18(29)30/h6-10H,3-5,11H2,1-2H3,(H,29,30). The zero-order valence-corrected chi connectivity index (χ0v) is 21.7. The molecule has 3 rings (SSSR count). The molecule has 8 nitrogen and oxygen atoms in total. The number of benzene rings is 2. The van der Waals surface area contributed by atoms with Crippen LogP contribution in [0.15, 0.2) is 43.1 Å². The van der Waals surface area contributed by atoms with E-state index in [-0.39, 0.29) is 22.1 Å². The fraction of sp³-hybridized carbons (Fsp3) is 0.273. The zero-order valence-electron chi connectivity index (χ0n) is 17.8. The Morgan fingerprint density at radius 1 is 1.33 bits per heavy atom. The van der Waals surface area contributed by atoms with Crippen LogP contribution in [-0.2, 0) is 11.2 Å². The summed E-state index contributed by atoms with van der Waals surface area (Å²) in [5.41, 5.74) is 0.813. The summed E-state index contributed by atoms with van der Waals surface area (Å²) in [5, 5.41) is 13.9. The van der Waals surface area contributed by atoms with Crippen LogP contribution >= 0.6 is 43.5 Å². The molecule has 0 saturated carbocycles. The molecule has 1 heterocycles. The van der Waals surface area contributed by atoms with Crippen LogP contribution in [0.4, 0.5) is 0 Å². The quantitative estimate of drug-likeness (QED) is 0.335. The van der Waals surface area contributed by atoms with Gasteiger partial charge >= 0.3 is 5.97 Å². The van der Waals surface area contributed by atoms with Crippen molar-refractivity contribution in [3.8, 4) is 11.5 Å². The Morgan fingerprint density at radius 3 is 2.76 bits per heavy atom. The van der Waals surface area contributed by atoms with Gasteiger partial charge in [-0.1, -0.05) is 40.9 Å². The molecule has 1 N–H and O–H groups in total. The smallest absolute Gasteiger partial charge is 0.341 e. The molecule has 0 atom stereocenters. The van der Waals surface area contributed by atoms with Gasteiger partial charge in [-0.2, -0.15) is 9.78 Å². The normalized spacial score (nSPS) is 11.3. The molecule has 0 unspecified atom stereocenters. The lowest BCUT2D eigenvalue weighted by Gasteiger charge is -2.14. The minimum absolute atomic E-state index is 0.0867. The lowest BCUT2D eigenvalue weighted by molar-refractivity contribution is -0.139. The SMILES string of the molecule is CCCCc1nc2ccc(Br)cc2c(=O)n1N=Cc1cc(OC)c(OCC(=O)O)c(Cl)c1Br. The number of hydrogen-bond donors (Lipinski definition) is 1. The number of aliphatic carboxylic acids is 1. The minimum Gasteiger partial charge on any atom is -0.493 e. The number of carboxylic acids is 1. The van der Waals surface area contributed by atoms with Crippen molar-refractivity contribution in [2.45, 2.75) is 26.2 Å². The third-order valence-corrected chi connectivity index (χ3v) is 6.59. The molecule has 0 fully saturated rings. The highest BCUT2D eigenvalue weighted by atomic mass is 79.9. The van der Waals surface area contributed by atoms with Gasteiger partial charge in [0.15, 0.2) is 18.1 Å². The van der Waals surface area contributed by atoms with Crippen LogP contribution < -0.4 is 15.0 Å². The van der Waals surface area contributed by atoms with Crippen LogP contribution in [0.5, 0.6) is 11.5 Å². The highest BCUT2D eigenvalue weighted by Gasteiger charge is 2.18. The molecule has 2 aromatic carbocycles. The maximum Gasteiger partial charge on any atom is 0.341 e. The monoisotopic (exact) mass is 599 g/mol. The van der Waals surface area contributed by atoms with Gasteiger partial charge in [0.05, 0.1) is 24.2 Å². The average Bonchev–Trinajstić information content (AvgIpc) is 2.79. The van der Waals surface area contributed by atoms with Crippen LogP contribution in [0.2, 0.25) is 5.02 Å². The number of aromatic nitrogens is 2. The highest BCUT2D eigenvalue weighted by Crippen LogP contribution is 2.42. The van der Waals surface area contributed by atoms with Crippen molar-refractivity contribution < 1.29 is 19.4 Å². The van der Waals surface area contributed by atoms with E-state index in [1.807, 2.05) is 6.07 Å². The Hall–Kier alpha value is -2.43. The van der Waals surface area contributed by atoms with Gasteiger partial charge in [-0.3, -0.25) is 4.79 Å². The predicted molar refractivity (Wildman–Crippen MR) is 134 cm³/mol. The summed E-state index contributed by atoms with van der Waals surface area (Å²) in [7, 11) is 1.41. The molecule has 0 aliphatic carbocycles. The third-order valence-electron chi connectivity index (χ3n) is 4.66. The largest absolute Gasteiger partial charge is 0.493 e. The van der Waals surface area contributed by atoms with Gasteiger partial charge < -0.3 is 14.6 Å². The highest BCUT2D eigenvalue weighted by molar-refractivity contribution is 9.10. The van der Waals surface area contributed by atoms with E-state index in [9.17, 15) is 9.59 Å². The minimum atomic E-state index is -1.15. The summed E-state index contributed by atoms with van der Waals surface area (Å²) in [4.78, 5) is 28.7. The second-order valence-corrected chi connectivity index (χ2v) is 9.05. The molecule has 174 valence electrons. The molecule has 0 saturated heterocycles. The number of unbranched alkanes of at least 4 members (excludes halogenated alkanes) is 1. The van der Waals surface area contributed by atoms with E-state index in [4.69, 9.17) is 26.2 Å². The first kappa shape index (κ1) is 25.2. The molecular formula is C22H20Br2ClN3O5. The summed E-state index contributed by atoms with van der Waals surface area (Å²) < 4.78 is 13.0. The Labute approximate surface area is 211 Å². The zero-order chi connectivity index (χ0) is 24.1. The van der Waals surface area contributed by atoms with Crippen molar-refractivity contribution in [3.63, 3.8) is 0 Å². The predicted octanol–water partition coefficient (Wildman–Crippen LogP) is 5.27.